The van der Waals surface area contributed by atoms with Crippen molar-refractivity contribution in [3.8, 4) is 0 Å². The van der Waals surface area contributed by atoms with Gasteiger partial charge in [-0.25, -0.2) is 0 Å². The van der Waals surface area contributed by atoms with E-state index in [1.165, 1.54) is 12.8 Å². The van der Waals surface area contributed by atoms with Gasteiger partial charge in [-0.2, -0.15) is 0 Å². The van der Waals surface area contributed by atoms with Crippen LogP contribution in [-0.4, -0.2) is 26.3 Å². The minimum absolute atomic E-state index is 0.535. The zero-order valence-corrected chi connectivity index (χ0v) is 8.56. The Balaban J connectivity index is 3.53. The van der Waals surface area contributed by atoms with Gasteiger partial charge in [0.15, 0.2) is 0 Å². The van der Waals surface area contributed by atoms with E-state index in [-0.39, 0.29) is 0 Å². The van der Waals surface area contributed by atoms with Crippen LogP contribution in [0, 0.1) is 5.92 Å². The maximum Gasteiger partial charge on any atom is 0.0430 e. The smallest absolute Gasteiger partial charge is 0.0430 e. The van der Waals surface area contributed by atoms with Crippen molar-refractivity contribution in [3.63, 3.8) is 0 Å². The maximum atomic E-state index is 5.39. The fourth-order valence-electron chi connectivity index (χ4n) is 1.47. The molecule has 0 aliphatic carbocycles. The molecule has 2 atom stereocenters. The molecule has 1 unspecified atom stereocenters. The van der Waals surface area contributed by atoms with Gasteiger partial charge in [0.05, 0.1) is 0 Å². The Kier molecular flexibility index (Phi) is 7.45. The Bertz CT molecular complexity index is 95.8. The average Bonchev–Trinajstić information content (AvgIpc) is 2.04. The van der Waals surface area contributed by atoms with E-state index in [1.54, 1.807) is 0 Å². The molecule has 0 heterocycles. The van der Waals surface area contributed by atoms with Gasteiger partial charge in [-0.05, 0) is 32.9 Å². The first-order valence-electron chi connectivity index (χ1n) is 4.82. The summed E-state index contributed by atoms with van der Waals surface area (Å²) in [5.41, 5.74) is 5.39. The lowest BCUT2D eigenvalue weighted by molar-refractivity contribution is 0.382. The first-order chi connectivity index (χ1) is 5.74. The topological polar surface area (TPSA) is 50.1 Å². The summed E-state index contributed by atoms with van der Waals surface area (Å²) in [5, 5.41) is 6.43. The minimum Gasteiger partial charge on any atom is -0.319 e. The Labute approximate surface area is 76.1 Å². The zero-order chi connectivity index (χ0) is 9.40. The highest BCUT2D eigenvalue weighted by atomic mass is 15.0. The second-order valence-corrected chi connectivity index (χ2v) is 3.38. The third-order valence-electron chi connectivity index (χ3n) is 2.22. The summed E-state index contributed by atoms with van der Waals surface area (Å²) in [6.07, 6.45) is 2.44. The highest BCUT2D eigenvalue weighted by Crippen LogP contribution is 2.09. The summed E-state index contributed by atoms with van der Waals surface area (Å²) in [7, 11) is 2.00. The largest absolute Gasteiger partial charge is 0.319 e. The molecule has 0 rings (SSSR count). The maximum absolute atomic E-state index is 5.39. The van der Waals surface area contributed by atoms with Gasteiger partial charge >= 0.3 is 0 Å². The predicted molar refractivity (Wildman–Crippen MR) is 54.0 cm³/mol. The molecule has 0 saturated carbocycles. The lowest BCUT2D eigenvalue weighted by atomic mass is 9.98. The van der Waals surface area contributed by atoms with Crippen LogP contribution in [-0.2, 0) is 0 Å². The van der Waals surface area contributed by atoms with Crippen molar-refractivity contribution in [3.05, 3.63) is 0 Å². The molecule has 0 radical (unpaired) electrons. The Hall–Kier alpha value is -0.120. The van der Waals surface area contributed by atoms with Crippen LogP contribution in [0.3, 0.4) is 0 Å². The van der Waals surface area contributed by atoms with E-state index in [0.717, 1.165) is 12.5 Å². The highest BCUT2D eigenvalue weighted by molar-refractivity contribution is 4.67. The summed E-state index contributed by atoms with van der Waals surface area (Å²) in [5.74, 6) is 0.768. The van der Waals surface area contributed by atoms with Gasteiger partial charge in [-0.1, -0.05) is 13.3 Å². The van der Waals surface area contributed by atoms with Gasteiger partial charge in [0, 0.05) is 12.7 Å². The summed E-state index contributed by atoms with van der Waals surface area (Å²) >= 11 is 0. The number of nitrogens with one attached hydrogen (secondary N) is 2. The van der Waals surface area contributed by atoms with Crippen LogP contribution in [0.5, 0.6) is 0 Å². The van der Waals surface area contributed by atoms with Gasteiger partial charge in [-0.15, -0.1) is 0 Å². The predicted octanol–water partition coefficient (Wildman–Crippen LogP) is 0.516. The third kappa shape index (κ3) is 5.52. The van der Waals surface area contributed by atoms with Crippen molar-refractivity contribution >= 4 is 0 Å². The van der Waals surface area contributed by atoms with E-state index in [9.17, 15) is 0 Å². The monoisotopic (exact) mass is 173 g/mol. The molecule has 74 valence electrons. The molecule has 0 fully saturated rings. The van der Waals surface area contributed by atoms with Crippen molar-refractivity contribution in [2.75, 3.05) is 20.3 Å². The first kappa shape index (κ1) is 11.9. The van der Waals surface area contributed by atoms with Crippen LogP contribution in [0.15, 0.2) is 0 Å². The van der Waals surface area contributed by atoms with Crippen molar-refractivity contribution in [1.82, 2.24) is 10.6 Å². The van der Waals surface area contributed by atoms with Gasteiger partial charge in [0.25, 0.3) is 0 Å². The van der Waals surface area contributed by atoms with Crippen LogP contribution in [0.4, 0.5) is 0 Å². The zero-order valence-electron chi connectivity index (χ0n) is 8.56. The molecule has 4 N–H and O–H groups in total. The van der Waals surface area contributed by atoms with Crippen molar-refractivity contribution < 1.29 is 0 Å². The quantitative estimate of drug-likeness (QED) is 0.492. The molecule has 0 aromatic heterocycles. The van der Waals surface area contributed by atoms with Gasteiger partial charge in [0.2, 0.25) is 0 Å². The molecular weight excluding hydrogens is 150 g/mol. The molecule has 0 aliphatic rings. The molecule has 0 saturated heterocycles. The van der Waals surface area contributed by atoms with Gasteiger partial charge < -0.3 is 16.4 Å². The van der Waals surface area contributed by atoms with E-state index in [1.807, 2.05) is 7.05 Å². The van der Waals surface area contributed by atoms with Gasteiger partial charge in [0.1, 0.15) is 0 Å². The lowest BCUT2D eigenvalue weighted by Crippen LogP contribution is -2.34. The first-order valence-corrected chi connectivity index (χ1v) is 4.82. The van der Waals surface area contributed by atoms with Crippen molar-refractivity contribution in [2.45, 2.75) is 32.7 Å². The van der Waals surface area contributed by atoms with Crippen LogP contribution >= 0.6 is 0 Å². The van der Waals surface area contributed by atoms with Crippen LogP contribution in [0.2, 0.25) is 0 Å². The molecule has 0 spiro atoms. The molecule has 0 aromatic carbocycles. The highest BCUT2D eigenvalue weighted by Gasteiger charge is 2.09. The van der Waals surface area contributed by atoms with E-state index >= 15 is 0 Å². The van der Waals surface area contributed by atoms with E-state index in [0.29, 0.717) is 12.7 Å². The molecule has 3 nitrogen and oxygen atoms in total. The summed E-state index contributed by atoms with van der Waals surface area (Å²) in [4.78, 5) is 0. The molecule has 12 heavy (non-hydrogen) atoms. The normalized spacial score (nSPS) is 16.0. The number of hydrogen-bond donors (Lipinski definition) is 3. The Morgan fingerprint density at radius 3 is 2.50 bits per heavy atom. The van der Waals surface area contributed by atoms with Crippen molar-refractivity contribution in [1.29, 1.82) is 0 Å². The van der Waals surface area contributed by atoms with Gasteiger partial charge in [-0.3, -0.25) is 0 Å². The molecule has 0 bridgehead atoms. The number of nitrogens with two attached hydrogens (primary N) is 1. The van der Waals surface area contributed by atoms with E-state index < -0.39 is 0 Å². The Morgan fingerprint density at radius 2 is 2.08 bits per heavy atom. The Morgan fingerprint density at radius 1 is 1.42 bits per heavy atom. The summed E-state index contributed by atoms with van der Waals surface area (Å²) in [6.45, 7) is 6.10. The SMILES string of the molecule is CCC(CNC)C[C@H](C)NCN. The molecule has 0 aromatic rings. The van der Waals surface area contributed by atoms with E-state index in [2.05, 4.69) is 24.5 Å². The second-order valence-electron chi connectivity index (χ2n) is 3.38. The van der Waals surface area contributed by atoms with E-state index in [4.69, 9.17) is 5.73 Å². The van der Waals surface area contributed by atoms with Crippen LogP contribution in [0.25, 0.3) is 0 Å². The number of hydrogen-bond acceptors (Lipinski definition) is 3. The second kappa shape index (κ2) is 7.53. The third-order valence-corrected chi connectivity index (χ3v) is 2.22. The fraction of sp³-hybridized carbons (Fsp3) is 1.00. The lowest BCUT2D eigenvalue weighted by Gasteiger charge is -2.19. The summed E-state index contributed by atoms with van der Waals surface area (Å²) in [6, 6.07) is 0.535. The fourth-order valence-corrected chi connectivity index (χ4v) is 1.47. The molecule has 0 aliphatic heterocycles. The average molecular weight is 173 g/mol. The molecular formula is C9H23N3. The standard InChI is InChI=1S/C9H23N3/c1-4-9(6-11-3)5-8(2)12-7-10/h8-9,11-12H,4-7,10H2,1-3H3/t8-,9?/m0/s1. The number of rotatable bonds is 7. The van der Waals surface area contributed by atoms with Crippen molar-refractivity contribution in [2.24, 2.45) is 11.7 Å². The minimum atomic E-state index is 0.535. The summed E-state index contributed by atoms with van der Waals surface area (Å²) < 4.78 is 0. The van der Waals surface area contributed by atoms with Crippen LogP contribution < -0.4 is 16.4 Å². The molecule has 3 heteroatoms. The molecule has 0 amide bonds. The van der Waals surface area contributed by atoms with Crippen LogP contribution in [0.1, 0.15) is 26.7 Å².